The summed E-state index contributed by atoms with van der Waals surface area (Å²) in [5, 5.41) is 2.87. The molecule has 0 aliphatic rings. The monoisotopic (exact) mass is 270 g/mol. The van der Waals surface area contributed by atoms with Crippen LogP contribution >= 0.6 is 0 Å². The van der Waals surface area contributed by atoms with Gasteiger partial charge in [0.2, 0.25) is 0 Å². The van der Waals surface area contributed by atoms with Gasteiger partial charge in [0.25, 0.3) is 5.91 Å². The molecule has 2 heterocycles. The number of nitrogens with one attached hydrogen (secondary N) is 1. The van der Waals surface area contributed by atoms with Gasteiger partial charge in [-0.2, -0.15) is 0 Å². The summed E-state index contributed by atoms with van der Waals surface area (Å²) in [4.78, 5) is 24.3. The first-order valence-electron chi connectivity index (χ1n) is 6.46. The first-order valence-corrected chi connectivity index (χ1v) is 6.46. The van der Waals surface area contributed by atoms with E-state index in [4.69, 9.17) is 0 Å². The third-order valence-electron chi connectivity index (χ3n) is 2.86. The lowest BCUT2D eigenvalue weighted by Gasteiger charge is -2.20. The Kier molecular flexibility index (Phi) is 4.08. The highest BCUT2D eigenvalue weighted by Gasteiger charge is 2.19. The van der Waals surface area contributed by atoms with Crippen molar-refractivity contribution in [2.75, 3.05) is 0 Å². The quantitative estimate of drug-likeness (QED) is 0.927. The minimum Gasteiger partial charge on any atom is -0.348 e. The van der Waals surface area contributed by atoms with Gasteiger partial charge >= 0.3 is 0 Å². The van der Waals surface area contributed by atoms with Crippen LogP contribution in [0.4, 0.5) is 0 Å². The second-order valence-corrected chi connectivity index (χ2v) is 5.57. The summed E-state index contributed by atoms with van der Waals surface area (Å²) in [5.41, 5.74) is 2.33. The summed E-state index contributed by atoms with van der Waals surface area (Å²) in [6, 6.07) is 3.47. The second kappa shape index (κ2) is 5.77. The molecular formula is C15H18N4O. The first kappa shape index (κ1) is 14.1. The van der Waals surface area contributed by atoms with Crippen LogP contribution in [0.25, 0.3) is 0 Å². The number of hydrogen-bond donors (Lipinski definition) is 1. The van der Waals surface area contributed by atoms with Crippen LogP contribution < -0.4 is 5.32 Å². The maximum Gasteiger partial charge on any atom is 0.253 e. The Balaban J connectivity index is 2.11. The summed E-state index contributed by atoms with van der Waals surface area (Å²) in [6.07, 6.45) is 6.46. The highest BCUT2D eigenvalue weighted by atomic mass is 16.1. The van der Waals surface area contributed by atoms with E-state index in [1.807, 2.05) is 0 Å². The fraction of sp³-hybridized carbons (Fsp3) is 0.333. The summed E-state index contributed by atoms with van der Waals surface area (Å²) in [6.45, 7) is 6.66. The predicted octanol–water partition coefficient (Wildman–Crippen LogP) is 2.10. The summed E-state index contributed by atoms with van der Waals surface area (Å²) < 4.78 is 0. The molecular weight excluding hydrogens is 252 g/mol. The van der Waals surface area contributed by atoms with Crippen molar-refractivity contribution in [1.82, 2.24) is 20.3 Å². The highest BCUT2D eigenvalue weighted by Crippen LogP contribution is 2.22. The predicted molar refractivity (Wildman–Crippen MR) is 76.1 cm³/mol. The molecule has 104 valence electrons. The Hall–Kier alpha value is -2.30. The number of carbonyl (C=O) groups excluding carboxylic acids is 1. The first-order chi connectivity index (χ1) is 9.48. The van der Waals surface area contributed by atoms with Crippen LogP contribution in [0.3, 0.4) is 0 Å². The van der Waals surface area contributed by atoms with Crippen LogP contribution in [0.1, 0.15) is 42.4 Å². The molecule has 0 atom stereocenters. The molecule has 0 saturated carbocycles. The number of aromatic nitrogens is 3. The van der Waals surface area contributed by atoms with Gasteiger partial charge in [-0.1, -0.05) is 20.8 Å². The maximum absolute atomic E-state index is 12.0. The van der Waals surface area contributed by atoms with Crippen molar-refractivity contribution in [3.05, 3.63) is 53.9 Å². The maximum atomic E-state index is 12.0. The average molecular weight is 270 g/mol. The molecule has 2 aromatic rings. The van der Waals surface area contributed by atoms with Crippen molar-refractivity contribution in [3.8, 4) is 0 Å². The number of amides is 1. The molecule has 1 amide bonds. The molecule has 2 aromatic heterocycles. The fourth-order valence-corrected chi connectivity index (χ4v) is 1.94. The van der Waals surface area contributed by atoms with Crippen molar-refractivity contribution >= 4 is 5.91 Å². The lowest BCUT2D eigenvalue weighted by molar-refractivity contribution is 0.0950. The standard InChI is InChI=1S/C15H18N4O/c1-15(2,3)13-12(8-17-10-19-13)9-18-14(20)11-5-4-6-16-7-11/h4-8,10H,9H2,1-3H3,(H,18,20). The third-order valence-corrected chi connectivity index (χ3v) is 2.86. The minimum absolute atomic E-state index is 0.0860. The van der Waals surface area contributed by atoms with Crippen LogP contribution in [0, 0.1) is 0 Å². The molecule has 0 spiro atoms. The molecule has 0 bridgehead atoms. The average Bonchev–Trinajstić information content (AvgIpc) is 2.45. The molecule has 0 saturated heterocycles. The smallest absolute Gasteiger partial charge is 0.253 e. The molecule has 1 N–H and O–H groups in total. The molecule has 0 aliphatic heterocycles. The Morgan fingerprint density at radius 1 is 1.25 bits per heavy atom. The molecule has 20 heavy (non-hydrogen) atoms. The Labute approximate surface area is 118 Å². The molecule has 5 nitrogen and oxygen atoms in total. The van der Waals surface area contributed by atoms with Gasteiger partial charge in [-0.05, 0) is 12.1 Å². The lowest BCUT2D eigenvalue weighted by Crippen LogP contribution is -2.26. The molecule has 5 heteroatoms. The van der Waals surface area contributed by atoms with E-state index < -0.39 is 0 Å². The summed E-state index contributed by atoms with van der Waals surface area (Å²) in [5.74, 6) is -0.151. The van der Waals surface area contributed by atoms with Crippen LogP contribution in [0.2, 0.25) is 0 Å². The van der Waals surface area contributed by atoms with Gasteiger partial charge in [0.05, 0.1) is 11.3 Å². The second-order valence-electron chi connectivity index (χ2n) is 5.57. The molecule has 2 rings (SSSR count). The zero-order chi connectivity index (χ0) is 14.6. The van der Waals surface area contributed by atoms with Gasteiger partial charge in [0, 0.05) is 36.1 Å². The lowest BCUT2D eigenvalue weighted by atomic mass is 9.89. The van der Waals surface area contributed by atoms with Gasteiger partial charge in [-0.25, -0.2) is 9.97 Å². The van der Waals surface area contributed by atoms with Gasteiger partial charge in [0.1, 0.15) is 6.33 Å². The van der Waals surface area contributed by atoms with E-state index in [1.165, 1.54) is 6.33 Å². The Morgan fingerprint density at radius 3 is 2.70 bits per heavy atom. The Bertz CT molecular complexity index is 590. The van der Waals surface area contributed by atoms with Crippen molar-refractivity contribution in [2.45, 2.75) is 32.7 Å². The largest absolute Gasteiger partial charge is 0.348 e. The van der Waals surface area contributed by atoms with Crippen LogP contribution in [-0.2, 0) is 12.0 Å². The van der Waals surface area contributed by atoms with Gasteiger partial charge in [-0.3, -0.25) is 9.78 Å². The van der Waals surface area contributed by atoms with Crippen LogP contribution in [-0.4, -0.2) is 20.9 Å². The van der Waals surface area contributed by atoms with E-state index >= 15 is 0 Å². The fourth-order valence-electron chi connectivity index (χ4n) is 1.94. The number of hydrogen-bond acceptors (Lipinski definition) is 4. The highest BCUT2D eigenvalue weighted by molar-refractivity contribution is 5.93. The summed E-state index contributed by atoms with van der Waals surface area (Å²) >= 11 is 0. The van der Waals surface area contributed by atoms with E-state index in [2.05, 4.69) is 41.0 Å². The molecule has 0 radical (unpaired) electrons. The van der Waals surface area contributed by atoms with E-state index in [1.54, 1.807) is 30.7 Å². The van der Waals surface area contributed by atoms with E-state index in [9.17, 15) is 4.79 Å². The number of nitrogens with zero attached hydrogens (tertiary/aromatic N) is 3. The summed E-state index contributed by atoms with van der Waals surface area (Å²) in [7, 11) is 0. The zero-order valence-electron chi connectivity index (χ0n) is 11.9. The molecule has 0 aromatic carbocycles. The topological polar surface area (TPSA) is 67.8 Å². The van der Waals surface area contributed by atoms with Gasteiger partial charge in [-0.15, -0.1) is 0 Å². The number of pyridine rings is 1. The van der Waals surface area contributed by atoms with Crippen molar-refractivity contribution in [3.63, 3.8) is 0 Å². The van der Waals surface area contributed by atoms with Crippen molar-refractivity contribution in [2.24, 2.45) is 0 Å². The molecule has 0 fully saturated rings. The normalized spacial score (nSPS) is 11.2. The molecule has 0 aliphatic carbocycles. The zero-order valence-corrected chi connectivity index (χ0v) is 11.9. The van der Waals surface area contributed by atoms with E-state index in [0.717, 1.165) is 11.3 Å². The third kappa shape index (κ3) is 3.38. The SMILES string of the molecule is CC(C)(C)c1ncncc1CNC(=O)c1cccnc1. The van der Waals surface area contributed by atoms with Crippen molar-refractivity contribution < 1.29 is 4.79 Å². The number of rotatable bonds is 3. The van der Waals surface area contributed by atoms with Gasteiger partial charge < -0.3 is 5.32 Å². The Morgan fingerprint density at radius 2 is 2.05 bits per heavy atom. The van der Waals surface area contributed by atoms with Crippen LogP contribution in [0.15, 0.2) is 37.1 Å². The van der Waals surface area contributed by atoms with Crippen LogP contribution in [0.5, 0.6) is 0 Å². The number of carbonyl (C=O) groups is 1. The minimum atomic E-state index is -0.151. The van der Waals surface area contributed by atoms with E-state index in [0.29, 0.717) is 12.1 Å². The molecule has 0 unspecified atom stereocenters. The van der Waals surface area contributed by atoms with Crippen molar-refractivity contribution in [1.29, 1.82) is 0 Å². The van der Waals surface area contributed by atoms with Gasteiger partial charge in [0.15, 0.2) is 0 Å². The van der Waals surface area contributed by atoms with E-state index in [-0.39, 0.29) is 11.3 Å².